The van der Waals surface area contributed by atoms with Crippen LogP contribution in [0.2, 0.25) is 0 Å². The van der Waals surface area contributed by atoms with Gasteiger partial charge in [-0.15, -0.1) is 11.8 Å². The summed E-state index contributed by atoms with van der Waals surface area (Å²) in [6.45, 7) is 2.57. The fourth-order valence-electron chi connectivity index (χ4n) is 3.20. The maximum Gasteiger partial charge on any atom is 0.261 e. The van der Waals surface area contributed by atoms with Crippen LogP contribution in [0.5, 0.6) is 17.2 Å². The van der Waals surface area contributed by atoms with Gasteiger partial charge in [0.2, 0.25) is 0 Å². The van der Waals surface area contributed by atoms with E-state index in [1.54, 1.807) is 61.3 Å². The number of sulfonamides is 1. The average molecular weight is 473 g/mol. The summed E-state index contributed by atoms with van der Waals surface area (Å²) in [5.74, 6) is 1.99. The summed E-state index contributed by atoms with van der Waals surface area (Å²) in [5, 5.41) is 0. The minimum absolute atomic E-state index is 0.173. The molecular weight excluding hydrogens is 444 g/mol. The molecule has 3 rings (SSSR count). The second-order valence-electron chi connectivity index (χ2n) is 7.57. The van der Waals surface area contributed by atoms with Crippen molar-refractivity contribution in [2.75, 3.05) is 32.2 Å². The number of aryl methyl sites for hydroxylation is 1. The highest BCUT2D eigenvalue weighted by atomic mass is 32.2. The Morgan fingerprint density at radius 1 is 0.969 bits per heavy atom. The predicted octanol–water partition coefficient (Wildman–Crippen LogP) is 5.38. The highest BCUT2D eigenvalue weighted by Gasteiger charge is 2.18. The number of rotatable bonds is 9. The van der Waals surface area contributed by atoms with Crippen LogP contribution in [-0.4, -0.2) is 40.8 Å². The van der Waals surface area contributed by atoms with E-state index >= 15 is 0 Å². The fourth-order valence-corrected chi connectivity index (χ4v) is 4.90. The first-order valence-corrected chi connectivity index (χ1v) is 12.7. The number of nitrogens with one attached hydrogen (secondary N) is 1. The molecule has 0 radical (unpaired) electrons. The highest BCUT2D eigenvalue weighted by Crippen LogP contribution is 2.32. The van der Waals surface area contributed by atoms with Gasteiger partial charge < -0.3 is 14.4 Å². The van der Waals surface area contributed by atoms with Crippen molar-refractivity contribution in [2.24, 2.45) is 0 Å². The Labute approximate surface area is 194 Å². The SMILES string of the molecule is COc1ccc(NS(=O)(=O)c2ccc(Oc3ccc(SC)c(C)c3)c(CN(C)C)c2)cc1. The van der Waals surface area contributed by atoms with Crippen molar-refractivity contribution in [3.63, 3.8) is 0 Å². The van der Waals surface area contributed by atoms with Gasteiger partial charge in [-0.05, 0) is 93.5 Å². The predicted molar refractivity (Wildman–Crippen MR) is 131 cm³/mol. The van der Waals surface area contributed by atoms with Crippen molar-refractivity contribution < 1.29 is 17.9 Å². The second kappa shape index (κ2) is 10.3. The molecule has 0 unspecified atom stereocenters. The van der Waals surface area contributed by atoms with E-state index in [1.807, 2.05) is 50.4 Å². The number of anilines is 1. The monoisotopic (exact) mass is 472 g/mol. The average Bonchev–Trinajstić information content (AvgIpc) is 2.75. The lowest BCUT2D eigenvalue weighted by Gasteiger charge is -2.17. The minimum atomic E-state index is -3.76. The van der Waals surface area contributed by atoms with Gasteiger partial charge in [0.25, 0.3) is 10.0 Å². The van der Waals surface area contributed by atoms with Crippen molar-refractivity contribution in [3.8, 4) is 17.2 Å². The van der Waals surface area contributed by atoms with Gasteiger partial charge in [0.1, 0.15) is 17.2 Å². The third kappa shape index (κ3) is 5.97. The maximum atomic E-state index is 13.0. The summed E-state index contributed by atoms with van der Waals surface area (Å²) in [5.41, 5.74) is 2.37. The first kappa shape index (κ1) is 24.0. The maximum absolute atomic E-state index is 13.0. The fraction of sp³-hybridized carbons (Fsp3) is 0.250. The van der Waals surface area contributed by atoms with Gasteiger partial charge in [-0.2, -0.15) is 0 Å². The molecule has 0 saturated carbocycles. The zero-order valence-electron chi connectivity index (χ0n) is 18.9. The molecule has 3 aromatic rings. The second-order valence-corrected chi connectivity index (χ2v) is 10.1. The Kier molecular flexibility index (Phi) is 7.71. The molecule has 1 N–H and O–H groups in total. The van der Waals surface area contributed by atoms with Gasteiger partial charge in [0.05, 0.1) is 12.0 Å². The van der Waals surface area contributed by atoms with Gasteiger partial charge in [0, 0.05) is 22.7 Å². The first-order chi connectivity index (χ1) is 15.2. The molecule has 0 aliphatic carbocycles. The Balaban J connectivity index is 1.90. The summed E-state index contributed by atoms with van der Waals surface area (Å²) in [6, 6.07) is 17.6. The van der Waals surface area contributed by atoms with Crippen LogP contribution in [0.15, 0.2) is 70.5 Å². The lowest BCUT2D eigenvalue weighted by atomic mass is 10.2. The Morgan fingerprint density at radius 2 is 1.66 bits per heavy atom. The van der Waals surface area contributed by atoms with Crippen molar-refractivity contribution in [1.29, 1.82) is 0 Å². The third-order valence-corrected chi connectivity index (χ3v) is 7.04. The molecule has 170 valence electrons. The molecule has 0 aliphatic rings. The Bertz CT molecular complexity index is 1180. The van der Waals surface area contributed by atoms with Crippen molar-refractivity contribution >= 4 is 27.5 Å². The molecule has 0 bridgehead atoms. The van der Waals surface area contributed by atoms with Crippen molar-refractivity contribution in [2.45, 2.75) is 23.3 Å². The number of hydrogen-bond acceptors (Lipinski definition) is 6. The van der Waals surface area contributed by atoms with Crippen LogP contribution in [0, 0.1) is 6.92 Å². The summed E-state index contributed by atoms with van der Waals surface area (Å²) in [6.07, 6.45) is 2.04. The highest BCUT2D eigenvalue weighted by molar-refractivity contribution is 7.98. The molecular formula is C24H28N2O4S2. The van der Waals surface area contributed by atoms with Crippen LogP contribution in [0.1, 0.15) is 11.1 Å². The summed E-state index contributed by atoms with van der Waals surface area (Å²) < 4.78 is 39.8. The van der Waals surface area contributed by atoms with Crippen LogP contribution in [-0.2, 0) is 16.6 Å². The normalized spacial score (nSPS) is 11.4. The van der Waals surface area contributed by atoms with E-state index < -0.39 is 10.0 Å². The molecule has 0 fully saturated rings. The molecule has 0 spiro atoms. The lowest BCUT2D eigenvalue weighted by molar-refractivity contribution is 0.388. The first-order valence-electron chi connectivity index (χ1n) is 9.99. The number of benzene rings is 3. The van der Waals surface area contributed by atoms with E-state index in [0.29, 0.717) is 29.5 Å². The summed E-state index contributed by atoms with van der Waals surface area (Å²) in [4.78, 5) is 3.33. The van der Waals surface area contributed by atoms with Gasteiger partial charge in [-0.25, -0.2) is 8.42 Å². The van der Waals surface area contributed by atoms with Crippen LogP contribution < -0.4 is 14.2 Å². The number of nitrogens with zero attached hydrogens (tertiary/aromatic N) is 1. The van der Waals surface area contributed by atoms with E-state index in [0.717, 1.165) is 11.1 Å². The van der Waals surface area contributed by atoms with Crippen LogP contribution in [0.3, 0.4) is 0 Å². The van der Waals surface area contributed by atoms with E-state index in [9.17, 15) is 8.42 Å². The van der Waals surface area contributed by atoms with E-state index in [2.05, 4.69) is 4.72 Å². The van der Waals surface area contributed by atoms with Crippen LogP contribution >= 0.6 is 11.8 Å². The molecule has 8 heteroatoms. The van der Waals surface area contributed by atoms with E-state index in [1.165, 1.54) is 4.90 Å². The Morgan fingerprint density at radius 3 is 2.25 bits per heavy atom. The molecule has 0 amide bonds. The summed E-state index contributed by atoms with van der Waals surface area (Å²) in [7, 11) is 1.66. The zero-order chi connectivity index (χ0) is 23.3. The number of hydrogen-bond donors (Lipinski definition) is 1. The largest absolute Gasteiger partial charge is 0.497 e. The van der Waals surface area contributed by atoms with Gasteiger partial charge >= 0.3 is 0 Å². The van der Waals surface area contributed by atoms with Gasteiger partial charge in [0.15, 0.2) is 0 Å². The number of ether oxygens (including phenoxy) is 2. The molecule has 0 atom stereocenters. The number of thioether (sulfide) groups is 1. The molecule has 0 aliphatic heterocycles. The zero-order valence-corrected chi connectivity index (χ0v) is 20.5. The molecule has 0 aromatic heterocycles. The minimum Gasteiger partial charge on any atom is -0.497 e. The number of methoxy groups -OCH3 is 1. The van der Waals surface area contributed by atoms with E-state index in [4.69, 9.17) is 9.47 Å². The van der Waals surface area contributed by atoms with Gasteiger partial charge in [-0.1, -0.05) is 0 Å². The molecule has 0 saturated heterocycles. The quantitative estimate of drug-likeness (QED) is 0.422. The summed E-state index contributed by atoms with van der Waals surface area (Å²) >= 11 is 1.69. The van der Waals surface area contributed by atoms with Crippen molar-refractivity contribution in [3.05, 3.63) is 71.8 Å². The molecule has 0 heterocycles. The third-order valence-electron chi connectivity index (χ3n) is 4.77. The van der Waals surface area contributed by atoms with Crippen LogP contribution in [0.25, 0.3) is 0 Å². The molecule has 6 nitrogen and oxygen atoms in total. The Hall–Kier alpha value is -2.68. The van der Waals surface area contributed by atoms with Gasteiger partial charge in [-0.3, -0.25) is 4.72 Å². The topological polar surface area (TPSA) is 67.9 Å². The van der Waals surface area contributed by atoms with Crippen molar-refractivity contribution in [1.82, 2.24) is 4.90 Å². The molecule has 32 heavy (non-hydrogen) atoms. The van der Waals surface area contributed by atoms with Crippen LogP contribution in [0.4, 0.5) is 5.69 Å². The van der Waals surface area contributed by atoms with E-state index in [-0.39, 0.29) is 4.90 Å². The lowest BCUT2D eigenvalue weighted by Crippen LogP contribution is -2.15. The molecule has 3 aromatic carbocycles. The smallest absolute Gasteiger partial charge is 0.261 e. The standard InChI is InChI=1S/C24H28N2O4S2/c1-17-14-21(10-13-24(17)31-5)30-23-12-11-22(15-18(23)16-26(2)3)32(27,28)25-19-6-8-20(29-4)9-7-19/h6-15,25H,16H2,1-5H3.